The molecule has 3 aromatic rings. The molecule has 0 radical (unpaired) electrons. The number of benzene rings is 2. The Morgan fingerprint density at radius 2 is 1.77 bits per heavy atom. The predicted molar refractivity (Wildman–Crippen MR) is 118 cm³/mol. The van der Waals surface area contributed by atoms with Crippen LogP contribution in [0, 0.1) is 18.7 Å². The lowest BCUT2D eigenvalue weighted by atomic mass is 9.86. The SMILES string of the molecule is Cc1c(C(CC2CCCC2)C(=O)O)c2cc(O)c(F)cc2n1C(=O)c1ccc(OC(F)(F)F)cc1. The van der Waals surface area contributed by atoms with E-state index < -0.39 is 41.5 Å². The molecule has 4 rings (SSSR count). The molecule has 1 fully saturated rings. The Labute approximate surface area is 197 Å². The van der Waals surface area contributed by atoms with Crippen molar-refractivity contribution in [2.24, 2.45) is 5.92 Å². The molecule has 1 heterocycles. The molecular formula is C25H23F4NO5. The lowest BCUT2D eigenvalue weighted by Gasteiger charge is -2.18. The van der Waals surface area contributed by atoms with Crippen LogP contribution in [0.25, 0.3) is 10.9 Å². The van der Waals surface area contributed by atoms with Gasteiger partial charge in [0.1, 0.15) is 5.75 Å². The second kappa shape index (κ2) is 9.24. The Kier molecular flexibility index (Phi) is 6.48. The van der Waals surface area contributed by atoms with Gasteiger partial charge < -0.3 is 14.9 Å². The second-order valence-corrected chi connectivity index (χ2v) is 8.81. The van der Waals surface area contributed by atoms with Gasteiger partial charge in [-0.25, -0.2) is 4.39 Å². The molecule has 1 atom stereocenters. The number of phenolic OH excluding ortho intramolecular Hbond substituents is 1. The summed E-state index contributed by atoms with van der Waals surface area (Å²) in [7, 11) is 0. The van der Waals surface area contributed by atoms with Crippen molar-refractivity contribution in [2.75, 3.05) is 0 Å². The third kappa shape index (κ3) is 4.96. The predicted octanol–water partition coefficient (Wildman–Crippen LogP) is 6.13. The van der Waals surface area contributed by atoms with Crippen molar-refractivity contribution in [2.45, 2.75) is 51.3 Å². The first kappa shape index (κ1) is 24.6. The number of carboxylic acid groups (broad SMARTS) is 1. The van der Waals surface area contributed by atoms with Crippen LogP contribution in [-0.2, 0) is 4.79 Å². The van der Waals surface area contributed by atoms with E-state index in [0.29, 0.717) is 12.0 Å². The molecule has 1 unspecified atom stereocenters. The molecule has 0 spiro atoms. The number of aliphatic carboxylic acids is 1. The number of nitrogens with zero attached hydrogens (tertiary/aromatic N) is 1. The van der Waals surface area contributed by atoms with Gasteiger partial charge in [0.15, 0.2) is 11.6 Å². The minimum atomic E-state index is -4.89. The molecule has 1 saturated carbocycles. The van der Waals surface area contributed by atoms with E-state index in [-0.39, 0.29) is 28.1 Å². The maximum absolute atomic E-state index is 14.3. The van der Waals surface area contributed by atoms with E-state index in [4.69, 9.17) is 0 Å². The maximum Gasteiger partial charge on any atom is 0.573 e. The molecule has 2 N–H and O–H groups in total. The number of carbonyl (C=O) groups is 2. The van der Waals surface area contributed by atoms with Crippen LogP contribution in [0.5, 0.6) is 11.5 Å². The molecular weight excluding hydrogens is 470 g/mol. The van der Waals surface area contributed by atoms with Crippen molar-refractivity contribution in [1.82, 2.24) is 4.57 Å². The number of phenols is 1. The van der Waals surface area contributed by atoms with Gasteiger partial charge in [0.25, 0.3) is 5.91 Å². The third-order valence-electron chi connectivity index (χ3n) is 6.55. The summed E-state index contributed by atoms with van der Waals surface area (Å²) in [4.78, 5) is 25.7. The van der Waals surface area contributed by atoms with E-state index in [9.17, 15) is 37.4 Å². The number of carboxylic acids is 1. The molecule has 2 aromatic carbocycles. The zero-order chi connectivity index (χ0) is 25.5. The molecule has 1 aliphatic rings. The van der Waals surface area contributed by atoms with E-state index in [1.807, 2.05) is 0 Å². The standard InChI is InChI=1S/C25H23F4NO5/c1-13-22(18(24(33)34)10-14-4-2-3-5-14)17-11-21(31)19(26)12-20(17)30(13)23(32)15-6-8-16(9-7-15)35-25(27,28)29/h6-9,11-12,14,18,31H,2-5,10H2,1H3,(H,33,34). The average Bonchev–Trinajstić information content (AvgIpc) is 3.37. The fourth-order valence-electron chi connectivity index (χ4n) is 5.00. The monoisotopic (exact) mass is 493 g/mol. The summed E-state index contributed by atoms with van der Waals surface area (Å²) in [6.45, 7) is 1.54. The summed E-state index contributed by atoms with van der Waals surface area (Å²) in [6, 6.07) is 6.30. The van der Waals surface area contributed by atoms with Crippen LogP contribution in [0.4, 0.5) is 17.6 Å². The van der Waals surface area contributed by atoms with Gasteiger partial charge in [0, 0.05) is 22.7 Å². The number of hydrogen-bond donors (Lipinski definition) is 2. The van der Waals surface area contributed by atoms with Crippen molar-refractivity contribution in [1.29, 1.82) is 0 Å². The zero-order valence-electron chi connectivity index (χ0n) is 18.7. The van der Waals surface area contributed by atoms with E-state index in [0.717, 1.165) is 66.6 Å². The van der Waals surface area contributed by atoms with Gasteiger partial charge in [0.2, 0.25) is 0 Å². The Morgan fingerprint density at radius 1 is 1.14 bits per heavy atom. The van der Waals surface area contributed by atoms with Gasteiger partial charge in [-0.15, -0.1) is 13.2 Å². The smallest absolute Gasteiger partial charge is 0.505 e. The van der Waals surface area contributed by atoms with Crippen molar-refractivity contribution in [3.05, 3.63) is 59.0 Å². The number of aromatic hydroxyl groups is 1. The van der Waals surface area contributed by atoms with Crippen molar-refractivity contribution < 1.29 is 42.1 Å². The highest BCUT2D eigenvalue weighted by Gasteiger charge is 2.33. The highest BCUT2D eigenvalue weighted by Crippen LogP contribution is 2.41. The Hall–Kier alpha value is -3.56. The van der Waals surface area contributed by atoms with E-state index in [2.05, 4.69) is 4.74 Å². The van der Waals surface area contributed by atoms with Crippen LogP contribution in [0.2, 0.25) is 0 Å². The number of fused-ring (bicyclic) bond motifs is 1. The van der Waals surface area contributed by atoms with E-state index in [1.165, 1.54) is 6.92 Å². The number of aromatic nitrogens is 1. The summed E-state index contributed by atoms with van der Waals surface area (Å²) < 4.78 is 56.7. The lowest BCUT2D eigenvalue weighted by Crippen LogP contribution is -2.18. The molecule has 0 amide bonds. The van der Waals surface area contributed by atoms with Crippen LogP contribution in [0.15, 0.2) is 36.4 Å². The van der Waals surface area contributed by atoms with Crippen LogP contribution < -0.4 is 4.74 Å². The van der Waals surface area contributed by atoms with Crippen LogP contribution in [0.3, 0.4) is 0 Å². The third-order valence-corrected chi connectivity index (χ3v) is 6.55. The zero-order valence-corrected chi connectivity index (χ0v) is 18.7. The molecule has 0 aliphatic heterocycles. The summed E-state index contributed by atoms with van der Waals surface area (Å²) in [6.07, 6.45) is -0.741. The fourth-order valence-corrected chi connectivity index (χ4v) is 5.00. The number of alkyl halides is 3. The van der Waals surface area contributed by atoms with Crippen LogP contribution >= 0.6 is 0 Å². The second-order valence-electron chi connectivity index (χ2n) is 8.81. The van der Waals surface area contributed by atoms with Gasteiger partial charge in [-0.3, -0.25) is 14.2 Å². The molecule has 186 valence electrons. The van der Waals surface area contributed by atoms with Crippen molar-refractivity contribution in [3.63, 3.8) is 0 Å². The molecule has 0 saturated heterocycles. The summed E-state index contributed by atoms with van der Waals surface area (Å²) in [5.74, 6) is -4.75. The molecule has 10 heteroatoms. The first-order valence-corrected chi connectivity index (χ1v) is 11.1. The number of rotatable bonds is 6. The normalized spacial score (nSPS) is 15.5. The maximum atomic E-state index is 14.3. The molecule has 35 heavy (non-hydrogen) atoms. The van der Waals surface area contributed by atoms with Crippen LogP contribution in [-0.4, -0.2) is 33.0 Å². The molecule has 1 aromatic heterocycles. The Balaban J connectivity index is 1.82. The van der Waals surface area contributed by atoms with Gasteiger partial charge in [-0.05, 0) is 55.2 Å². The summed E-state index contributed by atoms with van der Waals surface area (Å²) in [5, 5.41) is 20.3. The Morgan fingerprint density at radius 3 is 2.34 bits per heavy atom. The largest absolute Gasteiger partial charge is 0.573 e. The highest BCUT2D eigenvalue weighted by atomic mass is 19.4. The average molecular weight is 493 g/mol. The number of halogens is 4. The van der Waals surface area contributed by atoms with Crippen molar-refractivity contribution >= 4 is 22.8 Å². The number of hydrogen-bond acceptors (Lipinski definition) is 4. The van der Waals surface area contributed by atoms with Gasteiger partial charge in [-0.2, -0.15) is 0 Å². The summed E-state index contributed by atoms with van der Waals surface area (Å²) in [5.41, 5.74) is 0.615. The van der Waals surface area contributed by atoms with E-state index in [1.54, 1.807) is 0 Å². The Bertz CT molecular complexity index is 1270. The molecule has 0 bridgehead atoms. The minimum Gasteiger partial charge on any atom is -0.505 e. The molecule has 1 aliphatic carbocycles. The molecule has 6 nitrogen and oxygen atoms in total. The van der Waals surface area contributed by atoms with Crippen molar-refractivity contribution in [3.8, 4) is 11.5 Å². The fraction of sp³-hybridized carbons (Fsp3) is 0.360. The van der Waals surface area contributed by atoms with Gasteiger partial charge in [-0.1, -0.05) is 25.7 Å². The minimum absolute atomic E-state index is 0.0118. The van der Waals surface area contributed by atoms with Gasteiger partial charge in [0.05, 0.1) is 11.4 Å². The lowest BCUT2D eigenvalue weighted by molar-refractivity contribution is -0.274. The van der Waals surface area contributed by atoms with E-state index >= 15 is 0 Å². The highest BCUT2D eigenvalue weighted by molar-refractivity contribution is 6.05. The first-order valence-electron chi connectivity index (χ1n) is 11.1. The quantitative estimate of drug-likeness (QED) is 0.404. The van der Waals surface area contributed by atoms with Gasteiger partial charge >= 0.3 is 12.3 Å². The number of ether oxygens (including phenoxy) is 1. The summed E-state index contributed by atoms with van der Waals surface area (Å²) >= 11 is 0. The van der Waals surface area contributed by atoms with Crippen LogP contribution in [0.1, 0.15) is 59.6 Å². The first-order chi connectivity index (χ1) is 16.5. The number of carbonyl (C=O) groups excluding carboxylic acids is 1. The topological polar surface area (TPSA) is 88.8 Å².